The van der Waals surface area contributed by atoms with Gasteiger partial charge in [0.1, 0.15) is 6.10 Å². The highest BCUT2D eigenvalue weighted by molar-refractivity contribution is 6.72. The fraction of sp³-hybridized carbons (Fsp3) is 0.952. The second-order valence-corrected chi connectivity index (χ2v) is 35.8. The highest BCUT2D eigenvalue weighted by atomic mass is 28.4. The maximum absolute atomic E-state index is 13.5. The van der Waals surface area contributed by atoms with Gasteiger partial charge in [-0.05, 0) is 105 Å². The molecule has 6 nitrogen and oxygen atoms in total. The van der Waals surface area contributed by atoms with Gasteiger partial charge in [-0.15, -0.1) is 0 Å². The monoisotopic (exact) mass is 540 g/mol. The molecule has 0 heterocycles. The van der Waals surface area contributed by atoms with Crippen LogP contribution in [-0.2, 0) is 26.9 Å². The zero-order valence-electron chi connectivity index (χ0n) is 23.8. The van der Waals surface area contributed by atoms with E-state index in [1.165, 1.54) is 0 Å². The maximum Gasteiger partial charge on any atom is 0.323 e. The van der Waals surface area contributed by atoms with E-state index in [1.54, 1.807) is 0 Å². The third kappa shape index (κ3) is 15.3. The lowest BCUT2D eigenvalue weighted by Crippen LogP contribution is -2.60. The van der Waals surface area contributed by atoms with Crippen LogP contribution >= 0.6 is 0 Å². The Balaban J connectivity index is 6.58. The molecule has 4 atom stereocenters. The van der Waals surface area contributed by atoms with E-state index < -0.39 is 59.9 Å². The predicted octanol–water partition coefficient (Wildman–Crippen LogP) is 6.26. The minimum Gasteiger partial charge on any atom is -0.518 e. The molecule has 192 valence electrons. The molecule has 0 aliphatic carbocycles. The normalized spacial score (nSPS) is 18.1. The summed E-state index contributed by atoms with van der Waals surface area (Å²) in [4.78, 5) is 13.5. The second kappa shape index (κ2) is 11.4. The van der Waals surface area contributed by atoms with Gasteiger partial charge in [-0.2, -0.15) is 0 Å². The smallest absolute Gasteiger partial charge is 0.323 e. The van der Waals surface area contributed by atoms with Crippen molar-refractivity contribution in [3.8, 4) is 0 Å². The lowest BCUT2D eigenvalue weighted by molar-refractivity contribution is -0.154. The third-order valence-corrected chi connectivity index (χ3v) is 8.54. The first kappa shape index (κ1) is 32.4. The van der Waals surface area contributed by atoms with Crippen molar-refractivity contribution in [2.24, 2.45) is 0 Å². The number of hydrogen-bond donors (Lipinski definition) is 0. The van der Waals surface area contributed by atoms with Crippen molar-refractivity contribution in [2.75, 3.05) is 0 Å². The molecule has 0 fully saturated rings. The predicted molar refractivity (Wildman–Crippen MR) is 148 cm³/mol. The van der Waals surface area contributed by atoms with Crippen molar-refractivity contribution in [3.05, 3.63) is 0 Å². The van der Waals surface area contributed by atoms with Crippen LogP contribution in [-0.4, -0.2) is 72.0 Å². The summed E-state index contributed by atoms with van der Waals surface area (Å²) in [5, 5.41) is 0. The summed E-state index contributed by atoms with van der Waals surface area (Å²) in [6.45, 7) is 33.7. The number of carbonyl (C=O) groups is 1. The Hall–Kier alpha value is 0.394. The Bertz CT molecular complexity index is 596. The van der Waals surface area contributed by atoms with E-state index in [-0.39, 0.29) is 12.1 Å². The molecule has 0 aliphatic heterocycles. The third-order valence-electron chi connectivity index (χ3n) is 3.72. The fourth-order valence-electron chi connectivity index (χ4n) is 3.16. The summed E-state index contributed by atoms with van der Waals surface area (Å²) in [6.07, 6.45) is -2.08. The van der Waals surface area contributed by atoms with Crippen LogP contribution in [0.2, 0.25) is 98.2 Å². The van der Waals surface area contributed by atoms with Gasteiger partial charge in [0, 0.05) is 0 Å². The highest BCUT2D eigenvalue weighted by Gasteiger charge is 2.47. The van der Waals surface area contributed by atoms with Crippen molar-refractivity contribution >= 4 is 47.6 Å². The van der Waals surface area contributed by atoms with Crippen LogP contribution in [0.4, 0.5) is 0 Å². The van der Waals surface area contributed by atoms with Gasteiger partial charge < -0.3 is 22.1 Å². The molecule has 0 spiro atoms. The summed E-state index contributed by atoms with van der Waals surface area (Å²) in [7, 11) is -10.2. The zero-order valence-corrected chi connectivity index (χ0v) is 28.8. The summed E-state index contributed by atoms with van der Waals surface area (Å²) >= 11 is 0. The Morgan fingerprint density at radius 3 is 1.16 bits per heavy atom. The van der Waals surface area contributed by atoms with Gasteiger partial charge in [0.2, 0.25) is 8.32 Å². The Kier molecular flexibility index (Phi) is 11.6. The minimum atomic E-state index is -2.12. The second-order valence-electron chi connectivity index (χ2n) is 13.5. The molecule has 0 saturated heterocycles. The van der Waals surface area contributed by atoms with Crippen LogP contribution in [0.15, 0.2) is 0 Å². The first-order valence-corrected chi connectivity index (χ1v) is 28.8. The van der Waals surface area contributed by atoms with Crippen LogP contribution < -0.4 is 0 Å². The molecular formula is C21H52O6Si5. The average Bonchev–Trinajstić information content (AvgIpc) is 2.41. The minimum absolute atomic E-state index is 0.234. The first-order valence-electron chi connectivity index (χ1n) is 11.7. The van der Waals surface area contributed by atoms with E-state index in [2.05, 4.69) is 78.6 Å². The van der Waals surface area contributed by atoms with E-state index in [0.29, 0.717) is 0 Å². The Morgan fingerprint density at radius 2 is 0.844 bits per heavy atom. The summed E-state index contributed by atoms with van der Waals surface area (Å²) < 4.78 is 32.4. The molecule has 32 heavy (non-hydrogen) atoms. The van der Waals surface area contributed by atoms with Crippen LogP contribution in [0.1, 0.15) is 6.92 Å². The van der Waals surface area contributed by atoms with Gasteiger partial charge in [-0.1, -0.05) is 0 Å². The van der Waals surface area contributed by atoms with Crippen molar-refractivity contribution in [1.82, 2.24) is 0 Å². The molecule has 0 N–H and O–H groups in total. The lowest BCUT2D eigenvalue weighted by Gasteiger charge is -2.44. The van der Waals surface area contributed by atoms with E-state index in [9.17, 15) is 4.79 Å². The molecule has 11 heteroatoms. The van der Waals surface area contributed by atoms with Gasteiger partial charge in [-0.25, -0.2) is 0 Å². The van der Waals surface area contributed by atoms with Crippen molar-refractivity contribution in [3.63, 3.8) is 0 Å². The van der Waals surface area contributed by atoms with Gasteiger partial charge in [-0.3, -0.25) is 4.79 Å². The van der Waals surface area contributed by atoms with Crippen LogP contribution in [0.5, 0.6) is 0 Å². The summed E-state index contributed by atoms with van der Waals surface area (Å²) in [6, 6.07) is 0. The quantitative estimate of drug-likeness (QED) is 0.257. The Labute approximate surface area is 203 Å². The summed E-state index contributed by atoms with van der Waals surface area (Å²) in [5.74, 6) is -0.334. The zero-order chi connectivity index (χ0) is 25.9. The van der Waals surface area contributed by atoms with Crippen LogP contribution in [0.3, 0.4) is 0 Å². The van der Waals surface area contributed by atoms with E-state index in [0.717, 1.165) is 0 Å². The van der Waals surface area contributed by atoms with Crippen molar-refractivity contribution in [2.45, 2.75) is 130 Å². The molecule has 0 aromatic rings. The maximum atomic E-state index is 13.5. The molecule has 0 aromatic heterocycles. The lowest BCUT2D eigenvalue weighted by atomic mass is 10.0. The average molecular weight is 541 g/mol. The van der Waals surface area contributed by atoms with Crippen molar-refractivity contribution < 1.29 is 26.9 Å². The van der Waals surface area contributed by atoms with E-state index in [1.807, 2.05) is 26.6 Å². The number of hydrogen-bond acceptors (Lipinski definition) is 6. The van der Waals surface area contributed by atoms with E-state index in [4.69, 9.17) is 22.1 Å². The SMILES string of the molecule is C[C@H](O[Si](C)(C)C)[C@H](O[Si](C)(C)C)[C@@H](O[Si](C)(C)C)[C@@H](O[Si](C)(C)C)C(=O)O[Si](C)(C)C. The molecule has 0 bridgehead atoms. The van der Waals surface area contributed by atoms with Crippen LogP contribution in [0, 0.1) is 0 Å². The molecule has 0 radical (unpaired) electrons. The van der Waals surface area contributed by atoms with Gasteiger partial charge in [0.15, 0.2) is 39.4 Å². The van der Waals surface area contributed by atoms with E-state index >= 15 is 0 Å². The Morgan fingerprint density at radius 1 is 0.500 bits per heavy atom. The summed E-state index contributed by atoms with van der Waals surface area (Å²) in [5.41, 5.74) is 0. The van der Waals surface area contributed by atoms with Crippen molar-refractivity contribution in [1.29, 1.82) is 0 Å². The molecular weight excluding hydrogens is 489 g/mol. The molecule has 0 amide bonds. The standard InChI is InChI=1S/C21H52O6Si5/c1-17(23-28(2,3)4)18(24-29(5,6)7)19(25-30(8,9)10)20(26-31(11,12)13)21(22)27-32(14,15)16/h17-20H,1-16H3/t17-,18-,19+,20+/m0/s1. The molecule has 0 unspecified atom stereocenters. The molecule has 0 rings (SSSR count). The fourth-order valence-corrected chi connectivity index (χ4v) is 8.34. The van der Waals surface area contributed by atoms with Crippen LogP contribution in [0.25, 0.3) is 0 Å². The first-order chi connectivity index (χ1) is 13.8. The molecule has 0 aromatic carbocycles. The van der Waals surface area contributed by atoms with Gasteiger partial charge in [0.05, 0.1) is 12.2 Å². The van der Waals surface area contributed by atoms with Gasteiger partial charge >= 0.3 is 5.97 Å². The topological polar surface area (TPSA) is 63.2 Å². The largest absolute Gasteiger partial charge is 0.518 e. The number of carbonyl (C=O) groups excluding carboxylic acids is 1. The van der Waals surface area contributed by atoms with Gasteiger partial charge in [0.25, 0.3) is 0 Å². The number of rotatable bonds is 13. The molecule has 0 saturated carbocycles. The highest BCUT2D eigenvalue weighted by Crippen LogP contribution is 2.28. The molecule has 0 aliphatic rings.